The Morgan fingerprint density at radius 1 is 1.07 bits per heavy atom. The number of hydrogen-bond acceptors (Lipinski definition) is 7. The van der Waals surface area contributed by atoms with E-state index in [0.29, 0.717) is 15.6 Å². The average molecular weight is 573 g/mol. The van der Waals surface area contributed by atoms with Crippen LogP contribution in [0.2, 0.25) is 5.02 Å². The van der Waals surface area contributed by atoms with E-state index in [9.17, 15) is 4.79 Å². The number of carbonyl (C=O) groups is 1. The van der Waals surface area contributed by atoms with E-state index in [-0.39, 0.29) is 12.1 Å². The van der Waals surface area contributed by atoms with E-state index in [0.717, 1.165) is 64.5 Å². The van der Waals surface area contributed by atoms with Crippen LogP contribution >= 0.6 is 22.9 Å². The summed E-state index contributed by atoms with van der Waals surface area (Å²) in [5.41, 5.74) is 16.4. The molecule has 0 saturated carbocycles. The van der Waals surface area contributed by atoms with Gasteiger partial charge in [0.15, 0.2) is 0 Å². The summed E-state index contributed by atoms with van der Waals surface area (Å²) >= 11 is 7.62. The summed E-state index contributed by atoms with van der Waals surface area (Å²) in [7, 11) is 0. The largest absolute Gasteiger partial charge is 0.484 e. The lowest BCUT2D eigenvalue weighted by atomic mass is 10.1. The predicted octanol–water partition coefficient (Wildman–Crippen LogP) is 5.97. The number of imidazole rings is 1. The SMILES string of the molecule is C[C@@H](Oc1cc(-n2cnc3cc(-c4ccc(N5CCC(N)CC5)nc4)ccc32)sc1C(N)=O)c1ccccc1Cl. The average Bonchev–Trinajstić information content (AvgIpc) is 3.57. The molecule has 4 N–H and O–H groups in total. The quantitative estimate of drug-likeness (QED) is 0.248. The van der Waals surface area contributed by atoms with E-state index in [2.05, 4.69) is 28.1 Å². The molecule has 1 aliphatic rings. The predicted molar refractivity (Wildman–Crippen MR) is 161 cm³/mol. The van der Waals surface area contributed by atoms with Crippen LogP contribution in [-0.4, -0.2) is 39.6 Å². The van der Waals surface area contributed by atoms with Gasteiger partial charge in [0.1, 0.15) is 33.9 Å². The number of rotatable bonds is 7. The minimum Gasteiger partial charge on any atom is -0.484 e. The van der Waals surface area contributed by atoms with Crippen LogP contribution < -0.4 is 21.1 Å². The third kappa shape index (κ3) is 5.15. The van der Waals surface area contributed by atoms with Crippen molar-refractivity contribution in [3.8, 4) is 21.9 Å². The van der Waals surface area contributed by atoms with Gasteiger partial charge in [-0.3, -0.25) is 9.36 Å². The van der Waals surface area contributed by atoms with E-state index in [1.54, 1.807) is 6.33 Å². The Labute approximate surface area is 241 Å². The maximum Gasteiger partial charge on any atom is 0.262 e. The first kappa shape index (κ1) is 26.3. The van der Waals surface area contributed by atoms with Crippen LogP contribution in [0.25, 0.3) is 27.2 Å². The highest BCUT2D eigenvalue weighted by Gasteiger charge is 2.21. The minimum absolute atomic E-state index is 0.287. The van der Waals surface area contributed by atoms with Gasteiger partial charge in [0.05, 0.1) is 11.0 Å². The smallest absolute Gasteiger partial charge is 0.262 e. The molecule has 5 aromatic rings. The summed E-state index contributed by atoms with van der Waals surface area (Å²) in [6.07, 6.45) is 5.26. The maximum absolute atomic E-state index is 12.3. The van der Waals surface area contributed by atoms with Gasteiger partial charge in [-0.15, -0.1) is 11.3 Å². The van der Waals surface area contributed by atoms with Crippen molar-refractivity contribution in [3.63, 3.8) is 0 Å². The molecule has 1 aliphatic heterocycles. The fourth-order valence-electron chi connectivity index (χ4n) is 5.04. The van der Waals surface area contributed by atoms with Crippen molar-refractivity contribution in [1.82, 2.24) is 14.5 Å². The molecule has 204 valence electrons. The van der Waals surface area contributed by atoms with E-state index in [1.165, 1.54) is 11.3 Å². The number of nitrogens with two attached hydrogens (primary N) is 2. The number of primary amides is 1. The summed E-state index contributed by atoms with van der Waals surface area (Å²) in [5.74, 6) is 0.846. The molecule has 4 heterocycles. The number of ether oxygens (including phenoxy) is 1. The molecule has 6 rings (SSSR count). The topological polar surface area (TPSA) is 112 Å². The summed E-state index contributed by atoms with van der Waals surface area (Å²) in [5, 5.41) is 1.38. The molecule has 1 amide bonds. The standard InChI is InChI=1S/C30H29ClN6O2S/c1-18(22-4-2-3-5-23(22)31)39-26-15-28(40-29(26)30(33)38)37-17-35-24-14-19(6-8-25(24)37)20-7-9-27(34-16-20)36-12-10-21(32)11-13-36/h2-9,14-18,21H,10-13,32H2,1H3,(H2,33,38)/t18-/m1/s1. The molecule has 0 spiro atoms. The lowest BCUT2D eigenvalue weighted by molar-refractivity contribution is 0.0998. The number of amides is 1. The van der Waals surface area contributed by atoms with Gasteiger partial charge in [-0.1, -0.05) is 35.9 Å². The van der Waals surface area contributed by atoms with Crippen molar-refractivity contribution in [2.75, 3.05) is 18.0 Å². The Bertz CT molecular complexity index is 1670. The molecule has 1 atom stereocenters. The van der Waals surface area contributed by atoms with Crippen LogP contribution in [0.1, 0.15) is 41.1 Å². The zero-order chi connectivity index (χ0) is 27.8. The van der Waals surface area contributed by atoms with Crippen LogP contribution in [-0.2, 0) is 0 Å². The van der Waals surface area contributed by atoms with E-state index in [1.807, 2.05) is 60.2 Å². The van der Waals surface area contributed by atoms with Crippen LogP contribution in [0.3, 0.4) is 0 Å². The first-order valence-corrected chi connectivity index (χ1v) is 14.4. The molecule has 0 radical (unpaired) electrons. The molecule has 1 saturated heterocycles. The summed E-state index contributed by atoms with van der Waals surface area (Å²) < 4.78 is 8.11. The first-order chi connectivity index (χ1) is 19.4. The number of nitrogens with zero attached hydrogens (tertiary/aromatic N) is 4. The number of halogens is 1. The van der Waals surface area contributed by atoms with Crippen molar-refractivity contribution in [3.05, 3.63) is 88.7 Å². The number of hydrogen-bond donors (Lipinski definition) is 2. The monoisotopic (exact) mass is 572 g/mol. The van der Waals surface area contributed by atoms with Gasteiger partial charge < -0.3 is 21.1 Å². The lowest BCUT2D eigenvalue weighted by Crippen LogP contribution is -2.40. The van der Waals surface area contributed by atoms with E-state index in [4.69, 9.17) is 32.8 Å². The van der Waals surface area contributed by atoms with Crippen molar-refractivity contribution in [2.24, 2.45) is 11.5 Å². The number of pyridine rings is 1. The summed E-state index contributed by atoms with van der Waals surface area (Å²) in [4.78, 5) is 24.3. The van der Waals surface area contributed by atoms with Gasteiger partial charge in [-0.2, -0.15) is 0 Å². The Morgan fingerprint density at radius 3 is 2.58 bits per heavy atom. The first-order valence-electron chi connectivity index (χ1n) is 13.2. The Kier molecular flexibility index (Phi) is 7.18. The second-order valence-corrected chi connectivity index (χ2v) is 11.4. The molecule has 0 bridgehead atoms. The van der Waals surface area contributed by atoms with E-state index >= 15 is 0 Å². The Balaban J connectivity index is 1.26. The summed E-state index contributed by atoms with van der Waals surface area (Å²) in [6, 6.07) is 19.9. The van der Waals surface area contributed by atoms with Crippen molar-refractivity contribution < 1.29 is 9.53 Å². The second-order valence-electron chi connectivity index (χ2n) is 9.97. The van der Waals surface area contributed by atoms with Gasteiger partial charge >= 0.3 is 0 Å². The number of aromatic nitrogens is 3. The number of piperidine rings is 1. The number of carbonyl (C=O) groups excluding carboxylic acids is 1. The van der Waals surface area contributed by atoms with Gasteiger partial charge in [0, 0.05) is 47.5 Å². The Morgan fingerprint density at radius 2 is 1.85 bits per heavy atom. The zero-order valence-corrected chi connectivity index (χ0v) is 23.5. The number of benzene rings is 2. The number of thiophene rings is 1. The minimum atomic E-state index is -0.548. The van der Waals surface area contributed by atoms with Crippen LogP contribution in [0.15, 0.2) is 73.2 Å². The molecule has 0 aliphatic carbocycles. The highest BCUT2D eigenvalue weighted by molar-refractivity contribution is 7.16. The Hall–Kier alpha value is -3.92. The fraction of sp³-hybridized carbons (Fsp3) is 0.233. The van der Waals surface area contributed by atoms with Crippen LogP contribution in [0.4, 0.5) is 5.82 Å². The maximum atomic E-state index is 12.3. The third-order valence-corrected chi connectivity index (χ3v) is 8.76. The van der Waals surface area contributed by atoms with Gasteiger partial charge in [0.2, 0.25) is 0 Å². The van der Waals surface area contributed by atoms with Gasteiger partial charge in [-0.25, -0.2) is 9.97 Å². The highest BCUT2D eigenvalue weighted by Crippen LogP contribution is 2.37. The zero-order valence-electron chi connectivity index (χ0n) is 22.0. The normalized spacial score (nSPS) is 14.9. The molecule has 3 aromatic heterocycles. The number of fused-ring (bicyclic) bond motifs is 1. The van der Waals surface area contributed by atoms with Gasteiger partial charge in [0.25, 0.3) is 5.91 Å². The molecule has 2 aromatic carbocycles. The molecule has 1 fully saturated rings. The lowest BCUT2D eigenvalue weighted by Gasteiger charge is -2.31. The summed E-state index contributed by atoms with van der Waals surface area (Å²) in [6.45, 7) is 3.76. The molecule has 10 heteroatoms. The van der Waals surface area contributed by atoms with Gasteiger partial charge in [-0.05, 0) is 55.7 Å². The van der Waals surface area contributed by atoms with Crippen molar-refractivity contribution in [1.29, 1.82) is 0 Å². The molecule has 40 heavy (non-hydrogen) atoms. The molecule has 8 nitrogen and oxygen atoms in total. The fourth-order valence-corrected chi connectivity index (χ4v) is 6.26. The van der Waals surface area contributed by atoms with Crippen molar-refractivity contribution >= 4 is 45.7 Å². The molecule has 0 unspecified atom stereocenters. The van der Waals surface area contributed by atoms with Crippen molar-refractivity contribution in [2.45, 2.75) is 31.9 Å². The van der Waals surface area contributed by atoms with Crippen LogP contribution in [0.5, 0.6) is 5.75 Å². The third-order valence-electron chi connectivity index (χ3n) is 7.29. The second kappa shape index (κ2) is 10.9. The van der Waals surface area contributed by atoms with Crippen LogP contribution in [0, 0.1) is 0 Å². The molecular weight excluding hydrogens is 544 g/mol. The highest BCUT2D eigenvalue weighted by atomic mass is 35.5. The molecular formula is C30H29ClN6O2S. The van der Waals surface area contributed by atoms with E-state index < -0.39 is 5.91 Å². The number of anilines is 1.